The van der Waals surface area contributed by atoms with Gasteiger partial charge < -0.3 is 5.32 Å². The predicted molar refractivity (Wildman–Crippen MR) is 84.3 cm³/mol. The van der Waals surface area contributed by atoms with Gasteiger partial charge in [0.1, 0.15) is 16.3 Å². The Bertz CT molecular complexity index is 764. The molecule has 0 aromatic carbocycles. The average Bonchev–Trinajstić information content (AvgIpc) is 2.80. The number of aromatic nitrogens is 3. The van der Waals surface area contributed by atoms with E-state index in [0.717, 1.165) is 33.8 Å². The number of rotatable bonds is 3. The van der Waals surface area contributed by atoms with Crippen LogP contribution >= 0.6 is 11.3 Å². The number of hydrogen-bond donors (Lipinski definition) is 1. The van der Waals surface area contributed by atoms with Crippen LogP contribution in [-0.2, 0) is 0 Å². The summed E-state index contributed by atoms with van der Waals surface area (Å²) in [6, 6.07) is 6.09. The Morgan fingerprint density at radius 3 is 2.85 bits per heavy atom. The molecule has 0 amide bonds. The summed E-state index contributed by atoms with van der Waals surface area (Å²) in [5, 5.41) is 4.41. The molecule has 102 valence electrons. The Morgan fingerprint density at radius 1 is 1.25 bits per heavy atom. The SMILES string of the molecule is CCNc1nc(-c2ncccc2C)nc2sc(C)cc12. The predicted octanol–water partition coefficient (Wildman–Crippen LogP) is 3.80. The molecule has 0 aliphatic heterocycles. The van der Waals surface area contributed by atoms with Crippen molar-refractivity contribution < 1.29 is 0 Å². The lowest BCUT2D eigenvalue weighted by Crippen LogP contribution is -2.03. The van der Waals surface area contributed by atoms with E-state index in [1.807, 2.05) is 19.1 Å². The molecule has 0 radical (unpaired) electrons. The molecule has 0 saturated heterocycles. The summed E-state index contributed by atoms with van der Waals surface area (Å²) >= 11 is 1.69. The van der Waals surface area contributed by atoms with Gasteiger partial charge in [-0.05, 0) is 38.5 Å². The van der Waals surface area contributed by atoms with Gasteiger partial charge in [-0.2, -0.15) is 0 Å². The van der Waals surface area contributed by atoms with Gasteiger partial charge in [0.2, 0.25) is 0 Å². The summed E-state index contributed by atoms with van der Waals surface area (Å²) in [6.45, 7) is 7.02. The summed E-state index contributed by atoms with van der Waals surface area (Å²) in [5.41, 5.74) is 1.93. The van der Waals surface area contributed by atoms with Crippen LogP contribution < -0.4 is 5.32 Å². The number of anilines is 1. The first-order chi connectivity index (χ1) is 9.69. The van der Waals surface area contributed by atoms with Crippen LogP contribution in [-0.4, -0.2) is 21.5 Å². The van der Waals surface area contributed by atoms with E-state index in [-0.39, 0.29) is 0 Å². The lowest BCUT2D eigenvalue weighted by Gasteiger charge is -2.08. The minimum atomic E-state index is 0.688. The molecule has 0 atom stereocenters. The van der Waals surface area contributed by atoms with Crippen LogP contribution in [0.3, 0.4) is 0 Å². The number of thiophene rings is 1. The largest absolute Gasteiger partial charge is 0.370 e. The Morgan fingerprint density at radius 2 is 2.10 bits per heavy atom. The van der Waals surface area contributed by atoms with Gasteiger partial charge in [-0.25, -0.2) is 9.97 Å². The van der Waals surface area contributed by atoms with Crippen molar-refractivity contribution in [2.75, 3.05) is 11.9 Å². The quantitative estimate of drug-likeness (QED) is 0.794. The van der Waals surface area contributed by atoms with Gasteiger partial charge in [0, 0.05) is 17.6 Å². The Balaban J connectivity index is 2.24. The molecule has 0 saturated carbocycles. The number of nitrogens with one attached hydrogen (secondary N) is 1. The summed E-state index contributed by atoms with van der Waals surface area (Å²) in [5.74, 6) is 1.58. The van der Waals surface area contributed by atoms with Gasteiger partial charge in [0.15, 0.2) is 5.82 Å². The molecule has 5 heteroatoms. The molecule has 4 nitrogen and oxygen atoms in total. The fraction of sp³-hybridized carbons (Fsp3) is 0.267. The zero-order chi connectivity index (χ0) is 14.1. The second-order valence-electron chi connectivity index (χ2n) is 4.67. The molecule has 0 fully saturated rings. The average molecular weight is 284 g/mol. The molecule has 0 unspecified atom stereocenters. The number of hydrogen-bond acceptors (Lipinski definition) is 5. The Kier molecular flexibility index (Phi) is 3.36. The second kappa shape index (κ2) is 5.17. The molecule has 3 rings (SSSR count). The van der Waals surface area contributed by atoms with Crippen LogP contribution in [0.4, 0.5) is 5.82 Å². The fourth-order valence-corrected chi connectivity index (χ4v) is 3.05. The van der Waals surface area contributed by atoms with E-state index in [2.05, 4.69) is 40.2 Å². The number of nitrogens with zero attached hydrogens (tertiary/aromatic N) is 3. The van der Waals surface area contributed by atoms with Gasteiger partial charge in [-0.1, -0.05) is 6.07 Å². The zero-order valence-corrected chi connectivity index (χ0v) is 12.6. The van der Waals surface area contributed by atoms with Gasteiger partial charge in [0.05, 0.1) is 5.39 Å². The van der Waals surface area contributed by atoms with Crippen molar-refractivity contribution in [1.82, 2.24) is 15.0 Å². The molecule has 20 heavy (non-hydrogen) atoms. The van der Waals surface area contributed by atoms with E-state index in [4.69, 9.17) is 0 Å². The molecular formula is C15H16N4S. The maximum Gasteiger partial charge on any atom is 0.181 e. The van der Waals surface area contributed by atoms with Gasteiger partial charge in [-0.3, -0.25) is 4.98 Å². The van der Waals surface area contributed by atoms with E-state index >= 15 is 0 Å². The molecule has 0 aliphatic carbocycles. The number of pyridine rings is 1. The highest BCUT2D eigenvalue weighted by atomic mass is 32.1. The van der Waals surface area contributed by atoms with E-state index in [1.54, 1.807) is 17.5 Å². The standard InChI is InChI=1S/C15H16N4S/c1-4-16-13-11-8-10(3)20-15(11)19-14(18-13)12-9(2)6-5-7-17-12/h5-8H,4H2,1-3H3,(H,16,18,19). The van der Waals surface area contributed by atoms with Crippen molar-refractivity contribution in [3.8, 4) is 11.5 Å². The highest BCUT2D eigenvalue weighted by Gasteiger charge is 2.13. The van der Waals surface area contributed by atoms with E-state index in [0.29, 0.717) is 5.82 Å². The Labute approximate surface area is 121 Å². The van der Waals surface area contributed by atoms with Crippen molar-refractivity contribution in [3.63, 3.8) is 0 Å². The van der Waals surface area contributed by atoms with Crippen molar-refractivity contribution in [1.29, 1.82) is 0 Å². The van der Waals surface area contributed by atoms with Crippen LogP contribution in [0.2, 0.25) is 0 Å². The number of fused-ring (bicyclic) bond motifs is 1. The van der Waals surface area contributed by atoms with E-state index in [9.17, 15) is 0 Å². The second-order valence-corrected chi connectivity index (χ2v) is 5.91. The summed E-state index contributed by atoms with van der Waals surface area (Å²) in [4.78, 5) is 16.0. The summed E-state index contributed by atoms with van der Waals surface area (Å²) in [6.07, 6.45) is 1.78. The summed E-state index contributed by atoms with van der Waals surface area (Å²) < 4.78 is 0. The highest BCUT2D eigenvalue weighted by molar-refractivity contribution is 7.18. The van der Waals surface area contributed by atoms with E-state index < -0.39 is 0 Å². The topological polar surface area (TPSA) is 50.7 Å². The molecule has 3 aromatic heterocycles. The highest BCUT2D eigenvalue weighted by Crippen LogP contribution is 2.31. The molecule has 0 bridgehead atoms. The monoisotopic (exact) mass is 284 g/mol. The van der Waals surface area contributed by atoms with Crippen LogP contribution in [0.1, 0.15) is 17.4 Å². The third-order valence-electron chi connectivity index (χ3n) is 3.08. The fourth-order valence-electron chi connectivity index (χ4n) is 2.17. The van der Waals surface area contributed by atoms with Crippen LogP contribution in [0, 0.1) is 13.8 Å². The first-order valence-corrected chi connectivity index (χ1v) is 7.44. The molecule has 0 aliphatic rings. The Hall–Kier alpha value is -2.01. The van der Waals surface area contributed by atoms with Crippen LogP contribution in [0.5, 0.6) is 0 Å². The first-order valence-electron chi connectivity index (χ1n) is 6.63. The van der Waals surface area contributed by atoms with Gasteiger partial charge >= 0.3 is 0 Å². The minimum Gasteiger partial charge on any atom is -0.370 e. The molecule has 0 spiro atoms. The van der Waals surface area contributed by atoms with Crippen molar-refractivity contribution in [2.24, 2.45) is 0 Å². The zero-order valence-electron chi connectivity index (χ0n) is 11.8. The van der Waals surface area contributed by atoms with Crippen molar-refractivity contribution in [2.45, 2.75) is 20.8 Å². The van der Waals surface area contributed by atoms with Crippen molar-refractivity contribution in [3.05, 3.63) is 34.8 Å². The normalized spacial score (nSPS) is 10.9. The van der Waals surface area contributed by atoms with Gasteiger partial charge in [0.25, 0.3) is 0 Å². The molecule has 3 heterocycles. The first kappa shape index (κ1) is 13.0. The molecule has 1 N–H and O–H groups in total. The molecule has 3 aromatic rings. The maximum atomic E-state index is 4.67. The smallest absolute Gasteiger partial charge is 0.181 e. The maximum absolute atomic E-state index is 4.67. The third kappa shape index (κ3) is 2.25. The lowest BCUT2D eigenvalue weighted by molar-refractivity contribution is 1.12. The number of aryl methyl sites for hydroxylation is 2. The van der Waals surface area contributed by atoms with Crippen LogP contribution in [0.25, 0.3) is 21.7 Å². The summed E-state index contributed by atoms with van der Waals surface area (Å²) in [7, 11) is 0. The third-order valence-corrected chi connectivity index (χ3v) is 4.03. The minimum absolute atomic E-state index is 0.688. The van der Waals surface area contributed by atoms with Gasteiger partial charge in [-0.15, -0.1) is 11.3 Å². The van der Waals surface area contributed by atoms with E-state index in [1.165, 1.54) is 4.88 Å². The van der Waals surface area contributed by atoms with Crippen LogP contribution in [0.15, 0.2) is 24.4 Å². The lowest BCUT2D eigenvalue weighted by atomic mass is 10.2. The molecular weight excluding hydrogens is 268 g/mol. The van der Waals surface area contributed by atoms with Crippen molar-refractivity contribution >= 4 is 27.4 Å².